The summed E-state index contributed by atoms with van der Waals surface area (Å²) >= 11 is 1.30. The number of benzene rings is 1. The van der Waals surface area contributed by atoms with Crippen LogP contribution in [0.4, 0.5) is 27.3 Å². The summed E-state index contributed by atoms with van der Waals surface area (Å²) < 4.78 is 27.7. The molecule has 0 amide bonds. The largest absolute Gasteiger partial charge is 0.431 e. The van der Waals surface area contributed by atoms with Crippen molar-refractivity contribution >= 4 is 48.7 Å². The Morgan fingerprint density at radius 1 is 1.34 bits per heavy atom. The lowest BCUT2D eigenvalue weighted by atomic mass is 10.2. The van der Waals surface area contributed by atoms with E-state index < -0.39 is 10.0 Å². The van der Waals surface area contributed by atoms with Crippen molar-refractivity contribution in [3.63, 3.8) is 0 Å². The van der Waals surface area contributed by atoms with Gasteiger partial charge < -0.3 is 10.2 Å². The van der Waals surface area contributed by atoms with E-state index >= 15 is 0 Å². The summed E-state index contributed by atoms with van der Waals surface area (Å²) in [5, 5.41) is 25.6. The number of hydrogen-bond donors (Lipinski definition) is 2. The number of azo groups is 1. The maximum atomic E-state index is 11.8. The Morgan fingerprint density at radius 2 is 2.10 bits per heavy atom. The summed E-state index contributed by atoms with van der Waals surface area (Å²) in [7, 11) is -1.72. The third kappa shape index (κ3) is 5.85. The number of rotatable bonds is 8. The van der Waals surface area contributed by atoms with Gasteiger partial charge in [-0.1, -0.05) is 5.10 Å². The molecule has 1 aromatic carbocycles. The van der Waals surface area contributed by atoms with Crippen LogP contribution >= 0.6 is 11.3 Å². The van der Waals surface area contributed by atoms with E-state index in [1.165, 1.54) is 11.3 Å². The molecule has 0 saturated carbocycles. The van der Waals surface area contributed by atoms with Crippen LogP contribution in [0.25, 0.3) is 0 Å². The van der Waals surface area contributed by atoms with Crippen molar-refractivity contribution in [1.82, 2.24) is 5.10 Å². The fraction of sp³-hybridized carbons (Fsp3) is 0.471. The van der Waals surface area contributed by atoms with Crippen molar-refractivity contribution in [2.45, 2.75) is 19.3 Å². The molecular weight excluding hydrogens is 412 g/mol. The van der Waals surface area contributed by atoms with Gasteiger partial charge >= 0.3 is 5.13 Å². The first-order chi connectivity index (χ1) is 13.9. The van der Waals surface area contributed by atoms with Gasteiger partial charge in [0.15, 0.2) is 0 Å². The highest BCUT2D eigenvalue weighted by Crippen LogP contribution is 2.33. The molecular formula is C17H23N8O2S2+. The quantitative estimate of drug-likeness (QED) is 0.373. The molecule has 1 fully saturated rings. The lowest BCUT2D eigenvalue weighted by molar-refractivity contribution is -0.712. The molecule has 1 saturated heterocycles. The Balaban J connectivity index is 1.84. The Bertz CT molecular complexity index is 1040. The molecule has 2 aromatic rings. The molecule has 0 radical (unpaired) electrons. The number of sulfonamides is 1. The minimum Gasteiger partial charge on any atom is -0.371 e. The number of nitriles is 1. The molecule has 3 rings (SSSR count). The van der Waals surface area contributed by atoms with Crippen molar-refractivity contribution in [2.24, 2.45) is 17.3 Å². The van der Waals surface area contributed by atoms with Crippen molar-refractivity contribution in [1.29, 1.82) is 5.26 Å². The second-order valence-electron chi connectivity index (χ2n) is 6.62. The van der Waals surface area contributed by atoms with Crippen molar-refractivity contribution in [2.75, 3.05) is 40.8 Å². The van der Waals surface area contributed by atoms with Gasteiger partial charge in [0.25, 0.3) is 0 Å². The van der Waals surface area contributed by atoms with E-state index in [-0.39, 0.29) is 0 Å². The van der Waals surface area contributed by atoms with Crippen molar-refractivity contribution in [3.8, 4) is 6.07 Å². The van der Waals surface area contributed by atoms with E-state index in [4.69, 9.17) is 5.26 Å². The molecule has 0 aliphatic carbocycles. The molecule has 0 atom stereocenters. The number of hydrogen-bond acceptors (Lipinski definition) is 9. The first kappa shape index (κ1) is 20.9. The lowest BCUT2D eigenvalue weighted by Gasteiger charge is -2.19. The van der Waals surface area contributed by atoms with Crippen LogP contribution in [0.1, 0.15) is 19.3 Å². The molecule has 154 valence electrons. The highest BCUT2D eigenvalue weighted by molar-refractivity contribution is 7.92. The zero-order valence-corrected chi connectivity index (χ0v) is 17.9. The van der Waals surface area contributed by atoms with Crippen molar-refractivity contribution < 1.29 is 13.1 Å². The van der Waals surface area contributed by atoms with E-state index in [0.717, 1.165) is 37.9 Å². The minimum atomic E-state index is -3.46. The van der Waals surface area contributed by atoms with E-state index in [0.29, 0.717) is 34.6 Å². The van der Waals surface area contributed by atoms with E-state index in [2.05, 4.69) is 36.3 Å². The average molecular weight is 436 g/mol. The van der Waals surface area contributed by atoms with Gasteiger partial charge in [0, 0.05) is 25.3 Å². The molecule has 2 N–H and O–H groups in total. The van der Waals surface area contributed by atoms with Gasteiger partial charge in [0.05, 0.1) is 29.5 Å². The Labute approximate surface area is 173 Å². The smallest absolute Gasteiger partial charge is 0.371 e. The number of aryl methyl sites for hydroxylation is 1. The molecule has 1 aliphatic rings. The molecule has 1 aromatic heterocycles. The van der Waals surface area contributed by atoms with Crippen LogP contribution in [0.5, 0.6) is 0 Å². The minimum absolute atomic E-state index is 0.379. The summed E-state index contributed by atoms with van der Waals surface area (Å²) in [5.74, 6) is 0. The van der Waals surface area contributed by atoms with Gasteiger partial charge in [-0.3, -0.25) is 4.72 Å². The summed E-state index contributed by atoms with van der Waals surface area (Å²) in [6.45, 7) is 2.41. The fourth-order valence-corrected chi connectivity index (χ4v) is 4.22. The summed E-state index contributed by atoms with van der Waals surface area (Å²) in [6.07, 6.45) is 3.74. The second-order valence-corrected chi connectivity index (χ2v) is 9.32. The summed E-state index contributed by atoms with van der Waals surface area (Å²) in [6, 6.07) is 7.54. The topological polar surface area (TPSA) is 127 Å². The SMILES string of the molecule is C[n+]1nc(NCCC#N)sc1N=Nc1ccc(N2CCCC2)cc1NS(C)(=O)=O. The van der Waals surface area contributed by atoms with Gasteiger partial charge in [-0.05, 0) is 47.5 Å². The molecule has 2 heterocycles. The maximum absolute atomic E-state index is 11.8. The number of aromatic nitrogens is 2. The number of anilines is 3. The van der Waals surface area contributed by atoms with Crippen LogP contribution in [0.3, 0.4) is 0 Å². The summed E-state index contributed by atoms with van der Waals surface area (Å²) in [5.41, 5.74) is 1.77. The van der Waals surface area contributed by atoms with Gasteiger partial charge in [-0.15, -0.1) is 4.68 Å². The Morgan fingerprint density at radius 3 is 2.79 bits per heavy atom. The first-order valence-electron chi connectivity index (χ1n) is 9.12. The predicted molar refractivity (Wildman–Crippen MR) is 113 cm³/mol. The van der Waals surface area contributed by atoms with Crippen LogP contribution in [0.15, 0.2) is 28.4 Å². The maximum Gasteiger partial charge on any atom is 0.431 e. The second kappa shape index (κ2) is 9.15. The van der Waals surface area contributed by atoms with E-state index in [1.807, 2.05) is 6.07 Å². The molecule has 0 bridgehead atoms. The molecule has 0 spiro atoms. The Hall–Kier alpha value is -2.78. The molecule has 1 aliphatic heterocycles. The lowest BCUT2D eigenvalue weighted by Crippen LogP contribution is -2.29. The van der Waals surface area contributed by atoms with Gasteiger partial charge in [0.2, 0.25) is 15.2 Å². The van der Waals surface area contributed by atoms with Crippen LogP contribution in [0.2, 0.25) is 0 Å². The van der Waals surface area contributed by atoms with Crippen molar-refractivity contribution in [3.05, 3.63) is 18.2 Å². The van der Waals surface area contributed by atoms with E-state index in [9.17, 15) is 8.42 Å². The average Bonchev–Trinajstić information content (AvgIpc) is 3.30. The number of nitrogens with one attached hydrogen (secondary N) is 2. The number of nitrogens with zero attached hydrogens (tertiary/aromatic N) is 6. The van der Waals surface area contributed by atoms with Crippen LogP contribution in [0, 0.1) is 11.3 Å². The Kier molecular flexibility index (Phi) is 6.60. The molecule has 10 nitrogen and oxygen atoms in total. The third-order valence-electron chi connectivity index (χ3n) is 4.21. The standard InChI is InChI=1S/C17H22N8O2S2/c1-24-17(28-16(22-24)19-9-5-8-18)21-20-14-7-6-13(25-10-3-4-11-25)12-15(14)23-29(2,26)27/h6-7,12H,3-5,9-11H2,1-2H3,(H,19,22)/p+1. The van der Waals surface area contributed by atoms with Crippen LogP contribution in [-0.2, 0) is 17.1 Å². The monoisotopic (exact) mass is 435 g/mol. The van der Waals surface area contributed by atoms with Crippen LogP contribution < -0.4 is 19.6 Å². The third-order valence-corrected chi connectivity index (χ3v) is 5.75. The van der Waals surface area contributed by atoms with Gasteiger partial charge in [-0.2, -0.15) is 5.26 Å². The normalized spacial score (nSPS) is 14.3. The fourth-order valence-electron chi connectivity index (χ4n) is 2.90. The first-order valence-corrected chi connectivity index (χ1v) is 11.8. The highest BCUT2D eigenvalue weighted by Gasteiger charge is 2.18. The van der Waals surface area contributed by atoms with Gasteiger partial charge in [-0.25, -0.2) is 8.42 Å². The zero-order chi connectivity index (χ0) is 20.9. The van der Waals surface area contributed by atoms with E-state index in [1.54, 1.807) is 23.9 Å². The summed E-state index contributed by atoms with van der Waals surface area (Å²) in [4.78, 5) is 2.22. The molecule has 0 unspecified atom stereocenters. The van der Waals surface area contributed by atoms with Crippen LogP contribution in [-0.4, -0.2) is 39.4 Å². The predicted octanol–water partition coefficient (Wildman–Crippen LogP) is 2.68. The zero-order valence-electron chi connectivity index (χ0n) is 16.3. The molecule has 12 heteroatoms. The highest BCUT2D eigenvalue weighted by atomic mass is 32.2. The molecule has 29 heavy (non-hydrogen) atoms. The van der Waals surface area contributed by atoms with Gasteiger partial charge in [0.1, 0.15) is 12.7 Å².